The van der Waals surface area contributed by atoms with E-state index in [0.29, 0.717) is 34.3 Å². The van der Waals surface area contributed by atoms with Gasteiger partial charge in [0, 0.05) is 58.2 Å². The van der Waals surface area contributed by atoms with Gasteiger partial charge in [0.1, 0.15) is 29.2 Å². The summed E-state index contributed by atoms with van der Waals surface area (Å²) in [5, 5.41) is 12.1. The van der Waals surface area contributed by atoms with Crippen molar-refractivity contribution < 1.29 is 19.1 Å². The molecule has 312 valence electrons. The van der Waals surface area contributed by atoms with Crippen molar-refractivity contribution in [1.29, 1.82) is 0 Å². The molecule has 2 aromatic heterocycles. The maximum Gasteiger partial charge on any atom is 0.227 e. The van der Waals surface area contributed by atoms with Gasteiger partial charge in [-0.15, -0.1) is 6.58 Å². The van der Waals surface area contributed by atoms with E-state index in [4.69, 9.17) is 36.0 Å². The van der Waals surface area contributed by atoms with E-state index in [-0.39, 0.29) is 11.8 Å². The minimum atomic E-state index is -0.539. The van der Waals surface area contributed by atoms with Gasteiger partial charge in [-0.05, 0) is 59.0 Å². The second-order valence-corrected chi connectivity index (χ2v) is 17.2. The molecule has 5 heterocycles. The van der Waals surface area contributed by atoms with Crippen LogP contribution >= 0.6 is 11.6 Å². The number of piperidine rings is 3. The molecule has 3 saturated heterocycles. The van der Waals surface area contributed by atoms with Gasteiger partial charge in [-0.3, -0.25) is 4.98 Å². The largest absolute Gasteiger partial charge is 0.508 e. The molecule has 11 rings (SSSR count). The molecule has 3 aliphatic heterocycles. The van der Waals surface area contributed by atoms with Crippen molar-refractivity contribution in [1.82, 2.24) is 15.0 Å². The number of pyridine rings is 1. The number of nitrogens with zero attached hydrogens (tertiary/aromatic N) is 4. The molecule has 63 heavy (non-hydrogen) atoms. The molecule has 8 heteroatoms. The highest BCUT2D eigenvalue weighted by molar-refractivity contribution is 6.32. The molecule has 0 spiro atoms. The van der Waals surface area contributed by atoms with E-state index in [1.165, 1.54) is 5.56 Å². The summed E-state index contributed by atoms with van der Waals surface area (Å²) in [5.41, 5.74) is 9.53. The molecule has 0 saturated carbocycles. The first-order valence-corrected chi connectivity index (χ1v) is 22.0. The second kappa shape index (κ2) is 17.2. The molecule has 0 aliphatic carbocycles. The van der Waals surface area contributed by atoms with Gasteiger partial charge in [0.15, 0.2) is 11.9 Å². The lowest BCUT2D eigenvalue weighted by Crippen LogP contribution is -2.68. The van der Waals surface area contributed by atoms with Crippen molar-refractivity contribution in [2.24, 2.45) is 11.8 Å². The van der Waals surface area contributed by atoms with E-state index in [0.717, 1.165) is 92.6 Å². The van der Waals surface area contributed by atoms with Gasteiger partial charge in [0.2, 0.25) is 5.88 Å². The number of quaternary nitrogens is 1. The first-order valence-electron chi connectivity index (χ1n) is 21.6. The molecular formula is C55H48ClN4O3+. The van der Waals surface area contributed by atoms with E-state index >= 15 is 0 Å². The Hall–Kier alpha value is -6.80. The molecule has 0 amide bonds. The molecule has 3 aliphatic rings. The predicted octanol–water partition coefficient (Wildman–Crippen LogP) is 12.8. The number of hydrogen-bond acceptors (Lipinski definition) is 6. The van der Waals surface area contributed by atoms with Gasteiger partial charge in [-0.25, -0.2) is 4.98 Å². The van der Waals surface area contributed by atoms with Crippen molar-refractivity contribution in [3.05, 3.63) is 193 Å². The van der Waals surface area contributed by atoms with Crippen LogP contribution in [0.15, 0.2) is 177 Å². The van der Waals surface area contributed by atoms with Crippen LogP contribution in [-0.2, 0) is 6.54 Å². The third kappa shape index (κ3) is 7.73. The van der Waals surface area contributed by atoms with E-state index < -0.39 is 6.10 Å². The Morgan fingerprint density at radius 1 is 0.778 bits per heavy atom. The first kappa shape index (κ1) is 40.3. The van der Waals surface area contributed by atoms with Crippen molar-refractivity contribution in [3.63, 3.8) is 0 Å². The summed E-state index contributed by atoms with van der Waals surface area (Å²) in [5.74, 6) is 2.64. The summed E-state index contributed by atoms with van der Waals surface area (Å²) in [7, 11) is 1.76. The number of phenols is 1. The first-order chi connectivity index (χ1) is 30.9. The van der Waals surface area contributed by atoms with E-state index in [2.05, 4.69) is 79.4 Å². The maximum atomic E-state index is 11.0. The lowest BCUT2D eigenvalue weighted by atomic mass is 9.71. The fourth-order valence-electron chi connectivity index (χ4n) is 10.3. The summed E-state index contributed by atoms with van der Waals surface area (Å²) in [6, 6.07) is 52.9. The molecule has 0 unspecified atom stereocenters. The number of halogens is 1. The number of ether oxygens (including phenoxy) is 2. The zero-order valence-corrected chi connectivity index (χ0v) is 35.9. The lowest BCUT2D eigenvalue weighted by Gasteiger charge is -2.58. The molecule has 0 radical (unpaired) electrons. The van der Waals surface area contributed by atoms with Crippen LogP contribution in [0.2, 0.25) is 5.15 Å². The fourth-order valence-corrected chi connectivity index (χ4v) is 10.6. The Morgan fingerprint density at radius 3 is 2.02 bits per heavy atom. The highest BCUT2D eigenvalue weighted by atomic mass is 35.5. The Morgan fingerprint density at radius 2 is 1.40 bits per heavy atom. The number of aromatic hydroxyl groups is 1. The third-order valence-corrected chi connectivity index (χ3v) is 13.5. The minimum absolute atomic E-state index is 0.0482. The number of fused-ring (bicyclic) bond motifs is 4. The van der Waals surface area contributed by atoms with Crippen molar-refractivity contribution >= 4 is 22.5 Å². The van der Waals surface area contributed by atoms with E-state index in [1.54, 1.807) is 13.2 Å². The van der Waals surface area contributed by atoms with Crippen LogP contribution in [0.3, 0.4) is 0 Å². The van der Waals surface area contributed by atoms with E-state index in [9.17, 15) is 5.11 Å². The van der Waals surface area contributed by atoms with Crippen molar-refractivity contribution in [2.45, 2.75) is 31.5 Å². The average Bonchev–Trinajstić information content (AvgIpc) is 3.33. The van der Waals surface area contributed by atoms with Crippen LogP contribution in [0.25, 0.3) is 55.7 Å². The van der Waals surface area contributed by atoms with Crippen LogP contribution in [-0.4, -0.2) is 50.8 Å². The number of benzene rings is 6. The smallest absolute Gasteiger partial charge is 0.227 e. The van der Waals surface area contributed by atoms with Gasteiger partial charge in [0.05, 0.1) is 31.3 Å². The van der Waals surface area contributed by atoms with Gasteiger partial charge in [-0.1, -0.05) is 139 Å². The fraction of sp³-hybridized carbons (Fsp3) is 0.182. The van der Waals surface area contributed by atoms with Crippen LogP contribution < -0.4 is 9.47 Å². The zero-order chi connectivity index (χ0) is 42.9. The minimum Gasteiger partial charge on any atom is -0.508 e. The highest BCUT2D eigenvalue weighted by Crippen LogP contribution is 2.51. The molecular weight excluding hydrogens is 800 g/mol. The molecule has 2 bridgehead atoms. The third-order valence-electron chi connectivity index (χ3n) is 13.3. The van der Waals surface area contributed by atoms with Gasteiger partial charge in [-0.2, -0.15) is 4.98 Å². The molecule has 7 nitrogen and oxygen atoms in total. The Bertz CT molecular complexity index is 2850. The van der Waals surface area contributed by atoms with Gasteiger partial charge >= 0.3 is 0 Å². The second-order valence-electron chi connectivity index (χ2n) is 16.9. The van der Waals surface area contributed by atoms with Crippen LogP contribution in [0.5, 0.6) is 17.4 Å². The predicted molar refractivity (Wildman–Crippen MR) is 252 cm³/mol. The standard InChI is InChI=1S/C55H47ClN4O3/c1-3-37-35-60(34-36-30-45(38-16-8-4-9-17-38)51(62-2)46(31-36)39-18-10-5-11-19-39)29-27-42(37)32-49(60)52(44-26-28-57-48-25-24-43(61)33-47(44)48)63-55-50(40-20-12-6-13-21-40)53(56)58-54(59-55)41-22-14-7-15-23-41/h3-26,28,30-31,33,37,42,49,52H,1,27,29,32,34-35H2,2H3/p+1/t37-,42-,49+,52-,60+/m0/s1. The number of aromatic nitrogens is 3. The van der Waals surface area contributed by atoms with Crippen LogP contribution in [0.1, 0.15) is 30.1 Å². The van der Waals surface area contributed by atoms with Crippen LogP contribution in [0.4, 0.5) is 0 Å². The molecule has 8 aromatic rings. The average molecular weight is 848 g/mol. The highest BCUT2D eigenvalue weighted by Gasteiger charge is 2.55. The molecule has 1 N–H and O–H groups in total. The monoisotopic (exact) mass is 847 g/mol. The quantitative estimate of drug-likeness (QED) is 0.0750. The van der Waals surface area contributed by atoms with Crippen molar-refractivity contribution in [3.8, 4) is 62.1 Å². The number of phenolic OH excluding ortho intramolecular Hbond substituents is 1. The van der Waals surface area contributed by atoms with Gasteiger partial charge in [0.25, 0.3) is 0 Å². The topological polar surface area (TPSA) is 77.4 Å². The van der Waals surface area contributed by atoms with E-state index in [1.807, 2.05) is 91.1 Å². The number of hydrogen-bond donors (Lipinski definition) is 1. The Kier molecular flexibility index (Phi) is 11.0. The summed E-state index contributed by atoms with van der Waals surface area (Å²) in [6.07, 6.45) is 5.44. The molecule has 5 atom stereocenters. The maximum absolute atomic E-state index is 11.0. The van der Waals surface area contributed by atoms with Crippen LogP contribution in [0, 0.1) is 11.8 Å². The summed E-state index contributed by atoms with van der Waals surface area (Å²) >= 11 is 7.24. The SMILES string of the molecule is C=C[C@H]1C[N@+]2(Cc3cc(-c4ccccc4)c(OC)c(-c4ccccc4)c3)CC[C@H]1C[C@@H]2[C@@H](Oc1nc(-c2ccccc2)nc(Cl)c1-c1ccccc1)c1ccnc2ccc(O)cc12. The van der Waals surface area contributed by atoms with Gasteiger partial charge < -0.3 is 19.1 Å². The molecule has 6 aromatic carbocycles. The summed E-state index contributed by atoms with van der Waals surface area (Å²) in [4.78, 5) is 14.8. The Balaban J connectivity index is 1.18. The summed E-state index contributed by atoms with van der Waals surface area (Å²) < 4.78 is 14.6. The number of rotatable bonds is 12. The zero-order valence-electron chi connectivity index (χ0n) is 35.1. The lowest BCUT2D eigenvalue weighted by molar-refractivity contribution is -0.984. The van der Waals surface area contributed by atoms with Crippen molar-refractivity contribution in [2.75, 3.05) is 20.2 Å². The summed E-state index contributed by atoms with van der Waals surface area (Å²) in [6.45, 7) is 6.97. The normalized spacial score (nSPS) is 19.7. The number of methoxy groups -OCH3 is 1. The Labute approximate surface area is 373 Å². The molecule has 3 fully saturated rings.